The van der Waals surface area contributed by atoms with Gasteiger partial charge in [-0.2, -0.15) is 4.57 Å². The molecule has 0 radical (unpaired) electrons. The summed E-state index contributed by atoms with van der Waals surface area (Å²) in [5.41, 5.74) is 1.11. The maximum atomic E-state index is 13.0. The highest BCUT2D eigenvalue weighted by Gasteiger charge is 2.22. The van der Waals surface area contributed by atoms with Crippen LogP contribution in [-0.4, -0.2) is 55.5 Å². The van der Waals surface area contributed by atoms with E-state index < -0.39 is 18.3 Å². The van der Waals surface area contributed by atoms with Gasteiger partial charge in [-0.05, 0) is 26.3 Å². The van der Waals surface area contributed by atoms with Crippen LogP contribution in [0.5, 0.6) is 0 Å². The van der Waals surface area contributed by atoms with Crippen LogP contribution in [0.15, 0.2) is 23.8 Å². The van der Waals surface area contributed by atoms with E-state index in [1.165, 1.54) is 115 Å². The molecule has 10 heteroatoms. The predicted octanol–water partition coefficient (Wildman–Crippen LogP) is 8.64. The first kappa shape index (κ1) is 39.5. The van der Waals surface area contributed by atoms with E-state index in [1.54, 1.807) is 17.4 Å². The van der Waals surface area contributed by atoms with E-state index in [1.807, 2.05) is 11.6 Å². The van der Waals surface area contributed by atoms with E-state index in [2.05, 4.69) is 23.7 Å². The van der Waals surface area contributed by atoms with Crippen molar-refractivity contribution in [3.63, 3.8) is 0 Å². The number of rotatable bonds is 26. The molecule has 46 heavy (non-hydrogen) atoms. The molecule has 0 bridgehead atoms. The van der Waals surface area contributed by atoms with Crippen LogP contribution in [0.4, 0.5) is 9.59 Å². The van der Waals surface area contributed by atoms with Gasteiger partial charge in [0.05, 0.1) is 11.8 Å². The number of carbonyl (C=O) groups is 3. The van der Waals surface area contributed by atoms with Gasteiger partial charge in [0.25, 0.3) is 0 Å². The number of thiazole rings is 1. The number of aromatic nitrogens is 2. The fraction of sp³-hybridized carbons (Fsp3) is 0.722. The lowest BCUT2D eigenvalue weighted by Gasteiger charge is -2.16. The molecule has 1 N–H and O–H groups in total. The van der Waals surface area contributed by atoms with Crippen LogP contribution in [0.1, 0.15) is 145 Å². The molecule has 0 aliphatic heterocycles. The second kappa shape index (κ2) is 24.5. The highest BCUT2D eigenvalue weighted by Crippen LogP contribution is 2.17. The number of hydrogen-bond acceptors (Lipinski definition) is 7. The summed E-state index contributed by atoms with van der Waals surface area (Å²) < 4.78 is 19.6. The number of unbranched alkanes of at least 4 members (excludes halogenated alkanes) is 15. The molecule has 0 saturated carbocycles. The molecule has 1 unspecified atom stereocenters. The first-order chi connectivity index (χ1) is 22.4. The lowest BCUT2D eigenvalue weighted by atomic mass is 10.0. The third-order valence-corrected chi connectivity index (χ3v) is 9.28. The number of alkyl carbamates (subject to hydrolysis) is 1. The highest BCUT2D eigenvalue weighted by atomic mass is 32.1. The Labute approximate surface area is 281 Å². The number of nitrogens with one attached hydrogen (secondary N) is 1. The predicted molar refractivity (Wildman–Crippen MR) is 184 cm³/mol. The molecule has 0 fully saturated rings. The lowest BCUT2D eigenvalue weighted by molar-refractivity contribution is -0.695. The molecular weight excluding hydrogens is 602 g/mol. The molecule has 2 rings (SSSR count). The monoisotopic (exact) mass is 662 g/mol. The Morgan fingerprint density at radius 2 is 1.41 bits per heavy atom. The van der Waals surface area contributed by atoms with Crippen molar-refractivity contribution < 1.29 is 33.2 Å². The SMILES string of the molecule is CCCCCCCCCCCCCCCCCCNC(=O)OCC(COC(=O)n1cc(C(C)=O)cc1Cc1scc[n+]1CC)OC. The van der Waals surface area contributed by atoms with Gasteiger partial charge in [-0.15, -0.1) is 0 Å². The van der Waals surface area contributed by atoms with Crippen molar-refractivity contribution in [2.24, 2.45) is 0 Å². The fourth-order valence-corrected chi connectivity index (χ4v) is 6.34. The number of carbonyl (C=O) groups excluding carboxylic acids is 3. The van der Waals surface area contributed by atoms with Gasteiger partial charge >= 0.3 is 12.2 Å². The summed E-state index contributed by atoms with van der Waals surface area (Å²) in [5.74, 6) is -0.129. The molecule has 2 heterocycles. The number of Topliss-reactive ketones (excluding diaryl/α,β-unsaturated/α-hetero) is 1. The minimum Gasteiger partial charge on any atom is -0.447 e. The topological polar surface area (TPSA) is 99.7 Å². The third-order valence-electron chi connectivity index (χ3n) is 8.37. The van der Waals surface area contributed by atoms with Crippen molar-refractivity contribution in [3.05, 3.63) is 40.1 Å². The fourth-order valence-electron chi connectivity index (χ4n) is 5.42. The zero-order chi connectivity index (χ0) is 33.4. The van der Waals surface area contributed by atoms with Gasteiger partial charge in [-0.3, -0.25) is 9.36 Å². The average Bonchev–Trinajstić information content (AvgIpc) is 3.69. The molecule has 1 amide bonds. The zero-order valence-corrected chi connectivity index (χ0v) is 29.8. The van der Waals surface area contributed by atoms with E-state index in [4.69, 9.17) is 14.2 Å². The van der Waals surface area contributed by atoms with Crippen molar-refractivity contribution >= 4 is 29.3 Å². The molecule has 2 aromatic rings. The van der Waals surface area contributed by atoms with E-state index in [0.717, 1.165) is 24.4 Å². The Morgan fingerprint density at radius 1 is 0.848 bits per heavy atom. The van der Waals surface area contributed by atoms with Crippen LogP contribution in [0, 0.1) is 0 Å². The van der Waals surface area contributed by atoms with Gasteiger partial charge in [-0.25, -0.2) is 9.59 Å². The van der Waals surface area contributed by atoms with Crippen molar-refractivity contribution in [1.82, 2.24) is 9.88 Å². The molecular formula is C36H60N3O6S+. The quantitative estimate of drug-likeness (QED) is 0.0615. The van der Waals surface area contributed by atoms with E-state index >= 15 is 0 Å². The normalized spacial score (nSPS) is 11.8. The van der Waals surface area contributed by atoms with Crippen LogP contribution in [0.2, 0.25) is 0 Å². The Kier molecular flexibility index (Phi) is 21.0. The van der Waals surface area contributed by atoms with Gasteiger partial charge < -0.3 is 19.5 Å². The van der Waals surface area contributed by atoms with Crippen molar-refractivity contribution in [2.45, 2.75) is 143 Å². The van der Waals surface area contributed by atoms with Gasteiger partial charge in [0.15, 0.2) is 12.0 Å². The van der Waals surface area contributed by atoms with Crippen LogP contribution < -0.4 is 9.88 Å². The maximum Gasteiger partial charge on any atom is 0.418 e. The number of methoxy groups -OCH3 is 1. The van der Waals surface area contributed by atoms with Gasteiger partial charge in [0.2, 0.25) is 5.01 Å². The first-order valence-electron chi connectivity index (χ1n) is 17.7. The minimum atomic E-state index is -0.615. The molecule has 9 nitrogen and oxygen atoms in total. The number of ether oxygens (including phenoxy) is 3. The average molecular weight is 663 g/mol. The zero-order valence-electron chi connectivity index (χ0n) is 29.0. The number of ketones is 1. The van der Waals surface area contributed by atoms with Gasteiger partial charge in [-0.1, -0.05) is 115 Å². The molecule has 0 spiro atoms. The third kappa shape index (κ3) is 16.2. The number of amides is 1. The summed E-state index contributed by atoms with van der Waals surface area (Å²) in [7, 11) is 1.48. The second-order valence-electron chi connectivity index (χ2n) is 12.2. The van der Waals surface area contributed by atoms with Gasteiger partial charge in [0.1, 0.15) is 25.9 Å². The maximum absolute atomic E-state index is 13.0. The first-order valence-corrected chi connectivity index (χ1v) is 18.6. The molecule has 0 aliphatic rings. The summed E-state index contributed by atoms with van der Waals surface area (Å²) in [4.78, 5) is 37.2. The van der Waals surface area contributed by atoms with Crippen LogP contribution >= 0.6 is 11.3 Å². The molecule has 1 atom stereocenters. The molecule has 0 aliphatic carbocycles. The number of nitrogens with zero attached hydrogens (tertiary/aromatic N) is 2. The van der Waals surface area contributed by atoms with Crippen molar-refractivity contribution in [2.75, 3.05) is 26.9 Å². The number of hydrogen-bond donors (Lipinski definition) is 1. The second-order valence-corrected chi connectivity index (χ2v) is 13.1. The number of aryl methyl sites for hydroxylation is 1. The van der Waals surface area contributed by atoms with Crippen LogP contribution in [0.25, 0.3) is 0 Å². The van der Waals surface area contributed by atoms with E-state index in [9.17, 15) is 14.4 Å². The summed E-state index contributed by atoms with van der Waals surface area (Å²) in [6, 6.07) is 1.73. The van der Waals surface area contributed by atoms with E-state index in [-0.39, 0.29) is 19.0 Å². The summed E-state index contributed by atoms with van der Waals surface area (Å²) >= 11 is 1.59. The molecule has 0 saturated heterocycles. The lowest BCUT2D eigenvalue weighted by Crippen LogP contribution is -2.34. The van der Waals surface area contributed by atoms with Crippen molar-refractivity contribution in [3.8, 4) is 0 Å². The summed E-state index contributed by atoms with van der Waals surface area (Å²) in [5, 5.41) is 5.86. The largest absolute Gasteiger partial charge is 0.447 e. The molecule has 260 valence electrons. The summed E-state index contributed by atoms with van der Waals surface area (Å²) in [6.45, 7) is 7.04. The standard InChI is InChI=1S/C36H59N3O6S/c1-5-7-8-9-10-11-12-13-14-15-16-17-18-19-20-21-22-37-35(41)44-28-33(43-4)29-45-36(42)39-27-31(30(3)40)25-32(39)26-34-38(6-2)23-24-46-34/h23-25,27,33H,5-22,26,28-29H2,1-4H3/p+1. The minimum absolute atomic E-state index is 0.0441. The van der Waals surface area contributed by atoms with Crippen LogP contribution in [0.3, 0.4) is 0 Å². The Bertz CT molecular complexity index is 1130. The Balaban J connectivity index is 1.55. The Hall–Kier alpha value is -2.72. The molecule has 2 aromatic heterocycles. The van der Waals surface area contributed by atoms with Crippen LogP contribution in [-0.2, 0) is 27.2 Å². The summed E-state index contributed by atoms with van der Waals surface area (Å²) in [6.07, 6.45) is 23.2. The highest BCUT2D eigenvalue weighted by molar-refractivity contribution is 7.09. The van der Waals surface area contributed by atoms with Gasteiger partial charge in [0, 0.05) is 31.1 Å². The Morgan fingerprint density at radius 3 is 1.96 bits per heavy atom. The van der Waals surface area contributed by atoms with Crippen molar-refractivity contribution in [1.29, 1.82) is 0 Å². The van der Waals surface area contributed by atoms with E-state index in [0.29, 0.717) is 24.2 Å². The smallest absolute Gasteiger partial charge is 0.418 e. The molecule has 0 aromatic carbocycles.